The van der Waals surface area contributed by atoms with Crippen LogP contribution in [-0.2, 0) is 11.2 Å². The van der Waals surface area contributed by atoms with Crippen molar-refractivity contribution in [1.82, 2.24) is 5.32 Å². The average molecular weight is 338 g/mol. The van der Waals surface area contributed by atoms with Crippen molar-refractivity contribution < 1.29 is 4.79 Å². The van der Waals surface area contributed by atoms with Gasteiger partial charge in [0.1, 0.15) is 0 Å². The lowest BCUT2D eigenvalue weighted by Gasteiger charge is -2.26. The van der Waals surface area contributed by atoms with Crippen molar-refractivity contribution in [2.24, 2.45) is 5.41 Å². The fourth-order valence-electron chi connectivity index (χ4n) is 2.95. The van der Waals surface area contributed by atoms with Crippen LogP contribution in [0.2, 0.25) is 0 Å². The second-order valence-corrected chi connectivity index (χ2v) is 6.52. The smallest absolute Gasteiger partial charge is 0.220 e. The largest absolute Gasteiger partial charge is 0.356 e. The third-order valence-corrected chi connectivity index (χ3v) is 5.51. The molecule has 1 aromatic rings. The van der Waals surface area contributed by atoms with Gasteiger partial charge in [-0.1, -0.05) is 59.1 Å². The quantitative estimate of drug-likeness (QED) is 0.746. The van der Waals surface area contributed by atoms with Crippen LogP contribution in [0.3, 0.4) is 0 Å². The topological polar surface area (TPSA) is 29.1 Å². The summed E-state index contributed by atoms with van der Waals surface area (Å²) in [6, 6.07) is 10.4. The van der Waals surface area contributed by atoms with E-state index in [1.54, 1.807) is 0 Å². The van der Waals surface area contributed by atoms with Gasteiger partial charge in [0.15, 0.2) is 0 Å². The van der Waals surface area contributed by atoms with Gasteiger partial charge in [0.05, 0.1) is 0 Å². The van der Waals surface area contributed by atoms with Gasteiger partial charge in [0.25, 0.3) is 0 Å². The lowest BCUT2D eigenvalue weighted by molar-refractivity contribution is -0.121. The molecule has 0 atom stereocenters. The highest BCUT2D eigenvalue weighted by Crippen LogP contribution is 2.38. The summed E-state index contributed by atoms with van der Waals surface area (Å²) in [5.41, 5.74) is 1.63. The summed E-state index contributed by atoms with van der Waals surface area (Å²) in [4.78, 5) is 11.9. The molecule has 0 saturated heterocycles. The van der Waals surface area contributed by atoms with E-state index in [0.717, 1.165) is 24.7 Å². The zero-order valence-corrected chi connectivity index (χ0v) is 13.6. The molecular formula is C17H24BrNO. The Labute approximate surface area is 130 Å². The summed E-state index contributed by atoms with van der Waals surface area (Å²) < 4.78 is 0. The van der Waals surface area contributed by atoms with Crippen LogP contribution < -0.4 is 5.32 Å². The van der Waals surface area contributed by atoms with E-state index in [2.05, 4.69) is 45.5 Å². The van der Waals surface area contributed by atoms with Gasteiger partial charge in [0.2, 0.25) is 5.91 Å². The third-order valence-electron chi connectivity index (χ3n) is 4.32. The summed E-state index contributed by atoms with van der Waals surface area (Å²) in [5, 5.41) is 4.14. The van der Waals surface area contributed by atoms with Crippen molar-refractivity contribution in [3.63, 3.8) is 0 Å². The molecule has 1 amide bonds. The maximum absolute atomic E-state index is 11.9. The number of hydrogen-bond acceptors (Lipinski definition) is 1. The van der Waals surface area contributed by atoms with Crippen LogP contribution in [0.25, 0.3) is 0 Å². The number of alkyl halides is 1. The van der Waals surface area contributed by atoms with Gasteiger partial charge in [-0.25, -0.2) is 0 Å². The average Bonchev–Trinajstić information content (AvgIpc) is 2.96. The fourth-order valence-corrected chi connectivity index (χ4v) is 3.71. The van der Waals surface area contributed by atoms with Gasteiger partial charge in [-0.05, 0) is 36.7 Å². The number of rotatable bonds is 7. The number of nitrogens with one attached hydrogen (secondary N) is 1. The molecule has 0 radical (unpaired) electrons. The fraction of sp³-hybridized carbons (Fsp3) is 0.588. The molecule has 1 fully saturated rings. The molecular weight excluding hydrogens is 314 g/mol. The number of benzene rings is 1. The summed E-state index contributed by atoms with van der Waals surface area (Å²) in [7, 11) is 0. The number of carbonyl (C=O) groups is 1. The molecule has 0 aliphatic heterocycles. The number of aryl methyl sites for hydroxylation is 1. The zero-order valence-electron chi connectivity index (χ0n) is 12.0. The van der Waals surface area contributed by atoms with E-state index in [1.807, 2.05) is 6.07 Å². The van der Waals surface area contributed by atoms with Crippen LogP contribution >= 0.6 is 15.9 Å². The molecule has 110 valence electrons. The minimum atomic E-state index is 0.202. The molecule has 1 saturated carbocycles. The predicted molar refractivity (Wildman–Crippen MR) is 87.1 cm³/mol. The van der Waals surface area contributed by atoms with Crippen LogP contribution in [0.15, 0.2) is 30.3 Å². The molecule has 0 heterocycles. The van der Waals surface area contributed by atoms with E-state index in [-0.39, 0.29) is 5.91 Å². The molecule has 0 spiro atoms. The first-order chi connectivity index (χ1) is 9.74. The lowest BCUT2D eigenvalue weighted by Crippen LogP contribution is -2.37. The van der Waals surface area contributed by atoms with E-state index in [4.69, 9.17) is 0 Å². The first-order valence-corrected chi connectivity index (χ1v) is 8.73. The molecule has 2 rings (SSSR count). The molecule has 1 aliphatic carbocycles. The Balaban J connectivity index is 1.65. The van der Waals surface area contributed by atoms with E-state index < -0.39 is 0 Å². The second-order valence-electron chi connectivity index (χ2n) is 5.96. The standard InChI is InChI=1S/C17H24BrNO/c18-13-17(11-4-5-12-17)14-19-16(20)10-6-9-15-7-2-1-3-8-15/h1-3,7-8H,4-6,9-14H2,(H,19,20). The first-order valence-electron chi connectivity index (χ1n) is 7.61. The Hall–Kier alpha value is -0.830. The summed E-state index contributed by atoms with van der Waals surface area (Å²) in [6.07, 6.45) is 7.62. The maximum Gasteiger partial charge on any atom is 0.220 e. The molecule has 2 nitrogen and oxygen atoms in total. The van der Waals surface area contributed by atoms with Crippen LogP contribution in [0.1, 0.15) is 44.1 Å². The molecule has 20 heavy (non-hydrogen) atoms. The van der Waals surface area contributed by atoms with E-state index in [0.29, 0.717) is 11.8 Å². The Morgan fingerprint density at radius 3 is 2.55 bits per heavy atom. The van der Waals surface area contributed by atoms with Gasteiger partial charge in [-0.15, -0.1) is 0 Å². The predicted octanol–water partition coefficient (Wildman–Crippen LogP) is 4.08. The van der Waals surface area contributed by atoms with E-state index >= 15 is 0 Å². The van der Waals surface area contributed by atoms with Crippen molar-refractivity contribution in [2.45, 2.75) is 44.9 Å². The van der Waals surface area contributed by atoms with Crippen molar-refractivity contribution >= 4 is 21.8 Å². The Morgan fingerprint density at radius 2 is 1.90 bits per heavy atom. The number of carbonyl (C=O) groups excluding carboxylic acids is 1. The minimum absolute atomic E-state index is 0.202. The molecule has 1 N–H and O–H groups in total. The Morgan fingerprint density at radius 1 is 1.20 bits per heavy atom. The highest BCUT2D eigenvalue weighted by atomic mass is 79.9. The van der Waals surface area contributed by atoms with Gasteiger partial charge in [0, 0.05) is 18.3 Å². The van der Waals surface area contributed by atoms with Gasteiger partial charge >= 0.3 is 0 Å². The highest BCUT2D eigenvalue weighted by molar-refractivity contribution is 9.09. The first kappa shape index (κ1) is 15.6. The zero-order chi connectivity index (χ0) is 14.3. The monoisotopic (exact) mass is 337 g/mol. The third kappa shape index (κ3) is 4.62. The summed E-state index contributed by atoms with van der Waals surface area (Å²) in [6.45, 7) is 0.836. The van der Waals surface area contributed by atoms with Crippen molar-refractivity contribution in [3.05, 3.63) is 35.9 Å². The Kier molecular flexibility index (Phi) is 6.08. The van der Waals surface area contributed by atoms with E-state index in [1.165, 1.54) is 31.2 Å². The van der Waals surface area contributed by atoms with Crippen LogP contribution in [0, 0.1) is 5.41 Å². The molecule has 1 aliphatic rings. The molecule has 3 heteroatoms. The van der Waals surface area contributed by atoms with E-state index in [9.17, 15) is 4.79 Å². The second kappa shape index (κ2) is 7.82. The molecule has 0 aromatic heterocycles. The maximum atomic E-state index is 11.9. The van der Waals surface area contributed by atoms with Gasteiger partial charge < -0.3 is 5.32 Å². The molecule has 1 aromatic carbocycles. The number of hydrogen-bond donors (Lipinski definition) is 1. The van der Waals surface area contributed by atoms with Crippen LogP contribution in [-0.4, -0.2) is 17.8 Å². The molecule has 0 bridgehead atoms. The van der Waals surface area contributed by atoms with Gasteiger partial charge in [-0.3, -0.25) is 4.79 Å². The molecule has 0 unspecified atom stereocenters. The van der Waals surface area contributed by atoms with Gasteiger partial charge in [-0.2, -0.15) is 0 Å². The van der Waals surface area contributed by atoms with Crippen molar-refractivity contribution in [3.8, 4) is 0 Å². The van der Waals surface area contributed by atoms with Crippen molar-refractivity contribution in [1.29, 1.82) is 0 Å². The normalized spacial score (nSPS) is 17.1. The number of amides is 1. The van der Waals surface area contributed by atoms with Crippen molar-refractivity contribution in [2.75, 3.05) is 11.9 Å². The summed E-state index contributed by atoms with van der Waals surface area (Å²) in [5.74, 6) is 0.202. The summed E-state index contributed by atoms with van der Waals surface area (Å²) >= 11 is 3.62. The van der Waals surface area contributed by atoms with Crippen LogP contribution in [0.5, 0.6) is 0 Å². The number of halogens is 1. The Bertz CT molecular complexity index is 412. The lowest BCUT2D eigenvalue weighted by atomic mass is 9.89. The highest BCUT2D eigenvalue weighted by Gasteiger charge is 2.32. The van der Waals surface area contributed by atoms with Crippen LogP contribution in [0.4, 0.5) is 0 Å². The minimum Gasteiger partial charge on any atom is -0.356 e. The SMILES string of the molecule is O=C(CCCc1ccccc1)NCC1(CBr)CCCC1.